The molecule has 1 N–H and O–H groups in total. The largest absolute Gasteiger partial charge is 0.475 e. The van der Waals surface area contributed by atoms with Gasteiger partial charge in [-0.25, -0.2) is 14.8 Å². The number of aromatic carboxylic acids is 1. The molecule has 6 heteroatoms. The third-order valence-electron chi connectivity index (χ3n) is 1.80. The highest BCUT2D eigenvalue weighted by Crippen LogP contribution is 2.23. The van der Waals surface area contributed by atoms with E-state index in [0.717, 1.165) is 0 Å². The van der Waals surface area contributed by atoms with Crippen LogP contribution < -0.4 is 0 Å². The van der Waals surface area contributed by atoms with E-state index in [0.29, 0.717) is 15.9 Å². The van der Waals surface area contributed by atoms with E-state index < -0.39 is 5.97 Å². The van der Waals surface area contributed by atoms with Crippen molar-refractivity contribution in [2.45, 2.75) is 0 Å². The van der Waals surface area contributed by atoms with Gasteiger partial charge in [-0.2, -0.15) is 0 Å². The molecule has 0 spiro atoms. The third-order valence-corrected chi connectivity index (χ3v) is 2.33. The summed E-state index contributed by atoms with van der Waals surface area (Å²) in [5.74, 6) is -1.56. The molecule has 15 heavy (non-hydrogen) atoms. The van der Waals surface area contributed by atoms with E-state index in [9.17, 15) is 4.79 Å². The highest BCUT2D eigenvalue weighted by molar-refractivity contribution is 6.35. The second-order valence-electron chi connectivity index (χ2n) is 2.80. The van der Waals surface area contributed by atoms with E-state index in [1.807, 2.05) is 0 Å². The van der Waals surface area contributed by atoms with E-state index in [2.05, 4.69) is 9.97 Å². The van der Waals surface area contributed by atoms with Gasteiger partial charge in [-0.3, -0.25) is 0 Å². The topological polar surface area (TPSA) is 63.1 Å². The number of rotatable bonds is 1. The molecule has 0 atom stereocenters. The maximum atomic E-state index is 10.7. The van der Waals surface area contributed by atoms with Crippen LogP contribution in [0.3, 0.4) is 0 Å². The normalized spacial score (nSPS) is 10.5. The second-order valence-corrected chi connectivity index (χ2v) is 3.60. The number of benzene rings is 1. The van der Waals surface area contributed by atoms with Gasteiger partial charge in [0.2, 0.25) is 5.82 Å². The fourth-order valence-electron chi connectivity index (χ4n) is 1.16. The fourth-order valence-corrected chi connectivity index (χ4v) is 1.57. The molecule has 0 aliphatic carbocycles. The molecular formula is C9H4Cl2N2O2. The number of carboxylic acid groups (broad SMARTS) is 1. The smallest absolute Gasteiger partial charge is 0.374 e. The lowest BCUT2D eigenvalue weighted by atomic mass is 10.2. The number of aromatic nitrogens is 2. The summed E-state index contributed by atoms with van der Waals surface area (Å²) in [6, 6.07) is 4.82. The summed E-state index contributed by atoms with van der Waals surface area (Å²) in [4.78, 5) is 18.1. The Balaban J connectivity index is 2.79. The van der Waals surface area contributed by atoms with Gasteiger partial charge in [-0.15, -0.1) is 0 Å². The van der Waals surface area contributed by atoms with E-state index in [4.69, 9.17) is 28.3 Å². The molecule has 0 aliphatic heterocycles. The SMILES string of the molecule is O=C(O)c1nc(Cl)c2ccc(Cl)cc2n1. The molecule has 2 aromatic rings. The quantitative estimate of drug-likeness (QED) is 0.782. The molecule has 76 valence electrons. The monoisotopic (exact) mass is 242 g/mol. The van der Waals surface area contributed by atoms with Gasteiger partial charge in [0.15, 0.2) is 0 Å². The summed E-state index contributed by atoms with van der Waals surface area (Å²) < 4.78 is 0. The Labute approximate surface area is 94.5 Å². The van der Waals surface area contributed by atoms with E-state index in [-0.39, 0.29) is 11.0 Å². The standard InChI is InChI=1S/C9H4Cl2N2O2/c10-4-1-2-5-6(3-4)12-8(9(14)15)13-7(5)11/h1-3H,(H,14,15). The van der Waals surface area contributed by atoms with Gasteiger partial charge in [-0.05, 0) is 18.2 Å². The number of carboxylic acids is 1. The molecular weight excluding hydrogens is 239 g/mol. The van der Waals surface area contributed by atoms with Crippen LogP contribution in [0.15, 0.2) is 18.2 Å². The lowest BCUT2D eigenvalue weighted by Gasteiger charge is -2.01. The van der Waals surface area contributed by atoms with Gasteiger partial charge < -0.3 is 5.11 Å². The molecule has 1 aromatic carbocycles. The van der Waals surface area contributed by atoms with E-state index >= 15 is 0 Å². The van der Waals surface area contributed by atoms with Crippen LogP contribution in [0.5, 0.6) is 0 Å². The number of carbonyl (C=O) groups is 1. The maximum absolute atomic E-state index is 10.7. The van der Waals surface area contributed by atoms with Crippen LogP contribution in [0.25, 0.3) is 10.9 Å². The van der Waals surface area contributed by atoms with Crippen molar-refractivity contribution >= 4 is 40.1 Å². The average molecular weight is 243 g/mol. The van der Waals surface area contributed by atoms with Gasteiger partial charge in [0.25, 0.3) is 0 Å². The number of fused-ring (bicyclic) bond motifs is 1. The summed E-state index contributed by atoms with van der Waals surface area (Å²) in [5, 5.41) is 9.87. The van der Waals surface area contributed by atoms with Crippen LogP contribution in [-0.4, -0.2) is 21.0 Å². The van der Waals surface area contributed by atoms with Crippen LogP contribution in [-0.2, 0) is 0 Å². The first-order valence-corrected chi connectivity index (χ1v) is 4.69. The zero-order valence-corrected chi connectivity index (χ0v) is 8.75. The van der Waals surface area contributed by atoms with Crippen LogP contribution in [0.1, 0.15) is 10.6 Å². The minimum Gasteiger partial charge on any atom is -0.475 e. The van der Waals surface area contributed by atoms with Gasteiger partial charge in [-0.1, -0.05) is 23.2 Å². The second kappa shape index (κ2) is 3.64. The third kappa shape index (κ3) is 1.86. The highest BCUT2D eigenvalue weighted by Gasteiger charge is 2.11. The van der Waals surface area contributed by atoms with Gasteiger partial charge >= 0.3 is 5.97 Å². The molecule has 0 fully saturated rings. The van der Waals surface area contributed by atoms with Gasteiger partial charge in [0.1, 0.15) is 5.15 Å². The Morgan fingerprint density at radius 2 is 2.00 bits per heavy atom. The van der Waals surface area contributed by atoms with E-state index in [1.165, 1.54) is 6.07 Å². The molecule has 1 aromatic heterocycles. The molecule has 0 bridgehead atoms. The minimum atomic E-state index is -1.22. The Bertz CT molecular complexity index is 557. The molecule has 2 rings (SSSR count). The average Bonchev–Trinajstić information content (AvgIpc) is 2.16. The first kappa shape index (κ1) is 10.1. The van der Waals surface area contributed by atoms with Gasteiger partial charge in [0, 0.05) is 10.4 Å². The van der Waals surface area contributed by atoms with Crippen molar-refractivity contribution in [1.82, 2.24) is 9.97 Å². The summed E-state index contributed by atoms with van der Waals surface area (Å²) in [7, 11) is 0. The molecule has 0 radical (unpaired) electrons. The first-order chi connectivity index (χ1) is 7.08. The summed E-state index contributed by atoms with van der Waals surface area (Å²) in [6.07, 6.45) is 0. The van der Waals surface area contributed by atoms with Crippen LogP contribution in [0, 0.1) is 0 Å². The minimum absolute atomic E-state index is 0.106. The van der Waals surface area contributed by atoms with E-state index in [1.54, 1.807) is 12.1 Å². The molecule has 0 unspecified atom stereocenters. The Hall–Kier alpha value is -1.39. The predicted molar refractivity (Wildman–Crippen MR) is 56.5 cm³/mol. The summed E-state index contributed by atoms with van der Waals surface area (Å²) in [5.41, 5.74) is 0.417. The zero-order chi connectivity index (χ0) is 11.0. The molecule has 4 nitrogen and oxygen atoms in total. The number of hydrogen-bond acceptors (Lipinski definition) is 3. The van der Waals surface area contributed by atoms with Crippen molar-refractivity contribution in [2.75, 3.05) is 0 Å². The van der Waals surface area contributed by atoms with Crippen molar-refractivity contribution in [3.63, 3.8) is 0 Å². The molecule has 0 aliphatic rings. The fraction of sp³-hybridized carbons (Fsp3) is 0. The van der Waals surface area contributed by atoms with Crippen molar-refractivity contribution in [2.24, 2.45) is 0 Å². The Morgan fingerprint density at radius 3 is 2.67 bits per heavy atom. The van der Waals surface area contributed by atoms with Crippen LogP contribution in [0.2, 0.25) is 10.2 Å². The van der Waals surface area contributed by atoms with Crippen LogP contribution >= 0.6 is 23.2 Å². The summed E-state index contributed by atoms with van der Waals surface area (Å²) >= 11 is 11.6. The first-order valence-electron chi connectivity index (χ1n) is 3.94. The van der Waals surface area contributed by atoms with Crippen molar-refractivity contribution in [3.05, 3.63) is 34.2 Å². The summed E-state index contributed by atoms with van der Waals surface area (Å²) in [6.45, 7) is 0. The Morgan fingerprint density at radius 1 is 1.27 bits per heavy atom. The van der Waals surface area contributed by atoms with Crippen molar-refractivity contribution in [1.29, 1.82) is 0 Å². The van der Waals surface area contributed by atoms with Gasteiger partial charge in [0.05, 0.1) is 5.52 Å². The predicted octanol–water partition coefficient (Wildman–Crippen LogP) is 2.63. The van der Waals surface area contributed by atoms with Crippen molar-refractivity contribution < 1.29 is 9.90 Å². The molecule has 0 saturated carbocycles. The lowest BCUT2D eigenvalue weighted by molar-refractivity contribution is 0.0684. The van der Waals surface area contributed by atoms with Crippen LogP contribution in [0.4, 0.5) is 0 Å². The molecule has 0 amide bonds. The molecule has 1 heterocycles. The number of nitrogens with zero attached hydrogens (tertiary/aromatic N) is 2. The maximum Gasteiger partial charge on any atom is 0.374 e. The zero-order valence-electron chi connectivity index (χ0n) is 7.24. The lowest BCUT2D eigenvalue weighted by Crippen LogP contribution is -2.04. The molecule has 0 saturated heterocycles. The number of hydrogen-bond donors (Lipinski definition) is 1. The number of halogens is 2. The highest BCUT2D eigenvalue weighted by atomic mass is 35.5. The van der Waals surface area contributed by atoms with Crippen molar-refractivity contribution in [3.8, 4) is 0 Å². The Kier molecular flexibility index (Phi) is 2.46.